The van der Waals surface area contributed by atoms with Gasteiger partial charge in [-0.2, -0.15) is 0 Å². The molecule has 0 bridgehead atoms. The first-order valence-corrected chi connectivity index (χ1v) is 14.0. The minimum Gasteiger partial charge on any atom is -0.469 e. The molecule has 208 valence electrons. The average Bonchev–Trinajstić information content (AvgIpc) is 2.91. The third-order valence-electron chi connectivity index (χ3n) is 7.63. The van der Waals surface area contributed by atoms with Gasteiger partial charge in [-0.25, -0.2) is 9.69 Å². The van der Waals surface area contributed by atoms with Crippen LogP contribution in [-0.4, -0.2) is 54.8 Å². The van der Waals surface area contributed by atoms with Crippen LogP contribution in [0, 0.1) is 12.3 Å². The summed E-state index contributed by atoms with van der Waals surface area (Å²) >= 11 is 0. The molecule has 2 atom stereocenters. The molecule has 1 aliphatic heterocycles. The SMILES string of the molecule is CCC[C@@H](NC(=O)N1C(=O)C(CC)(CC)[C@@H]1Oc1ccc(CN(C)CCOCC)cc1)c1ccc(C)cc1. The Bertz CT molecular complexity index is 1030. The normalized spacial score (nSPS) is 17.3. The number of ether oxygens (including phenoxy) is 2. The molecular weight excluding hydrogens is 478 g/mol. The smallest absolute Gasteiger partial charge is 0.327 e. The van der Waals surface area contributed by atoms with Crippen molar-refractivity contribution in [3.05, 3.63) is 65.2 Å². The van der Waals surface area contributed by atoms with Crippen LogP contribution in [0.15, 0.2) is 48.5 Å². The van der Waals surface area contributed by atoms with Gasteiger partial charge in [0, 0.05) is 19.7 Å². The summed E-state index contributed by atoms with van der Waals surface area (Å²) < 4.78 is 11.8. The Morgan fingerprint density at radius 1 is 1.05 bits per heavy atom. The molecule has 0 aromatic heterocycles. The molecule has 0 spiro atoms. The van der Waals surface area contributed by atoms with Crippen LogP contribution in [0.3, 0.4) is 0 Å². The maximum absolute atomic E-state index is 13.5. The molecule has 2 aromatic carbocycles. The van der Waals surface area contributed by atoms with Crippen molar-refractivity contribution in [3.63, 3.8) is 0 Å². The monoisotopic (exact) mass is 523 g/mol. The van der Waals surface area contributed by atoms with Gasteiger partial charge in [0.25, 0.3) is 0 Å². The first-order valence-electron chi connectivity index (χ1n) is 14.0. The maximum Gasteiger partial charge on any atom is 0.327 e. The molecule has 38 heavy (non-hydrogen) atoms. The fourth-order valence-corrected chi connectivity index (χ4v) is 5.08. The van der Waals surface area contributed by atoms with Crippen molar-refractivity contribution in [1.29, 1.82) is 0 Å². The van der Waals surface area contributed by atoms with Crippen molar-refractivity contribution in [1.82, 2.24) is 15.1 Å². The molecule has 3 rings (SSSR count). The lowest BCUT2D eigenvalue weighted by atomic mass is 9.72. The van der Waals surface area contributed by atoms with E-state index in [2.05, 4.69) is 24.2 Å². The number of hydrogen-bond donors (Lipinski definition) is 1. The van der Waals surface area contributed by atoms with E-state index >= 15 is 0 Å². The Labute approximate surface area is 228 Å². The second kappa shape index (κ2) is 13.8. The molecule has 1 heterocycles. The molecule has 0 saturated carbocycles. The Balaban J connectivity index is 1.73. The van der Waals surface area contributed by atoms with E-state index in [1.807, 2.05) is 76.2 Å². The van der Waals surface area contributed by atoms with E-state index in [9.17, 15) is 9.59 Å². The number of likely N-dealkylation sites (tertiary alicyclic amines) is 1. The molecule has 1 N–H and O–H groups in total. The predicted molar refractivity (Wildman–Crippen MR) is 151 cm³/mol. The second-order valence-electron chi connectivity index (χ2n) is 10.3. The predicted octanol–water partition coefficient (Wildman–Crippen LogP) is 6.07. The number of carbonyl (C=O) groups excluding carboxylic acids is 2. The van der Waals surface area contributed by atoms with Crippen LogP contribution in [0.1, 0.15) is 76.1 Å². The zero-order valence-electron chi connectivity index (χ0n) is 24.0. The van der Waals surface area contributed by atoms with Gasteiger partial charge in [0.1, 0.15) is 11.2 Å². The summed E-state index contributed by atoms with van der Waals surface area (Å²) in [6, 6.07) is 15.5. The lowest BCUT2D eigenvalue weighted by molar-refractivity contribution is -0.191. The van der Waals surface area contributed by atoms with Crippen LogP contribution in [0.25, 0.3) is 0 Å². The van der Waals surface area contributed by atoms with Crippen LogP contribution in [0.5, 0.6) is 5.75 Å². The number of carbonyl (C=O) groups is 2. The third kappa shape index (κ3) is 6.75. The fraction of sp³-hybridized carbons (Fsp3) is 0.548. The van der Waals surface area contributed by atoms with E-state index in [4.69, 9.17) is 9.47 Å². The Morgan fingerprint density at radius 2 is 1.71 bits per heavy atom. The summed E-state index contributed by atoms with van der Waals surface area (Å²) in [5, 5.41) is 3.11. The average molecular weight is 524 g/mol. The number of aryl methyl sites for hydroxylation is 1. The highest BCUT2D eigenvalue weighted by atomic mass is 16.5. The number of likely N-dealkylation sites (N-methyl/N-ethyl adjacent to an activating group) is 1. The van der Waals surface area contributed by atoms with Crippen molar-refractivity contribution in [3.8, 4) is 5.75 Å². The van der Waals surface area contributed by atoms with Gasteiger partial charge in [0.15, 0.2) is 6.23 Å². The summed E-state index contributed by atoms with van der Waals surface area (Å²) in [6.07, 6.45) is 2.26. The number of hydrogen-bond acceptors (Lipinski definition) is 5. The Morgan fingerprint density at radius 3 is 2.29 bits per heavy atom. The Kier molecular flexibility index (Phi) is 10.7. The van der Waals surface area contributed by atoms with Crippen molar-refractivity contribution in [2.24, 2.45) is 5.41 Å². The highest BCUT2D eigenvalue weighted by Crippen LogP contribution is 2.46. The first-order chi connectivity index (χ1) is 18.3. The quantitative estimate of drug-likeness (QED) is 0.240. The highest BCUT2D eigenvalue weighted by molar-refractivity contribution is 6.03. The largest absolute Gasteiger partial charge is 0.469 e. The molecule has 0 radical (unpaired) electrons. The van der Waals surface area contributed by atoms with Gasteiger partial charge in [0.2, 0.25) is 5.91 Å². The van der Waals surface area contributed by atoms with E-state index in [0.29, 0.717) is 25.2 Å². The summed E-state index contributed by atoms with van der Waals surface area (Å²) in [4.78, 5) is 30.3. The number of nitrogens with one attached hydrogen (secondary N) is 1. The molecule has 1 fully saturated rings. The van der Waals surface area contributed by atoms with E-state index in [0.717, 1.165) is 43.7 Å². The topological polar surface area (TPSA) is 71.1 Å². The number of urea groups is 1. The minimum absolute atomic E-state index is 0.168. The lowest BCUT2D eigenvalue weighted by Crippen LogP contribution is -2.73. The molecular formula is C31H45N3O4. The van der Waals surface area contributed by atoms with Crippen molar-refractivity contribution < 1.29 is 19.1 Å². The molecule has 1 aliphatic rings. The number of nitrogens with zero attached hydrogens (tertiary/aromatic N) is 2. The van der Waals surface area contributed by atoms with E-state index < -0.39 is 17.7 Å². The van der Waals surface area contributed by atoms with E-state index in [1.54, 1.807) is 0 Å². The molecule has 3 amide bonds. The van der Waals surface area contributed by atoms with E-state index in [-0.39, 0.29) is 11.9 Å². The number of amides is 3. The molecule has 2 aromatic rings. The van der Waals surface area contributed by atoms with Crippen LogP contribution in [0.2, 0.25) is 0 Å². The van der Waals surface area contributed by atoms with Crippen molar-refractivity contribution >= 4 is 11.9 Å². The number of benzene rings is 2. The highest BCUT2D eigenvalue weighted by Gasteiger charge is 2.63. The van der Waals surface area contributed by atoms with Crippen LogP contribution in [-0.2, 0) is 16.1 Å². The zero-order valence-corrected chi connectivity index (χ0v) is 24.0. The van der Waals surface area contributed by atoms with Crippen LogP contribution < -0.4 is 10.1 Å². The molecule has 7 nitrogen and oxygen atoms in total. The summed E-state index contributed by atoms with van der Waals surface area (Å²) in [5.74, 6) is 0.479. The standard InChI is InChI=1S/C31H45N3O4/c1-7-11-27(25-16-12-23(5)13-17-25)32-30(36)34-28(35)31(8-2,9-3)29(34)38-26-18-14-24(15-19-26)22-33(6)20-21-37-10-4/h12-19,27,29H,7-11,20-22H2,1-6H3,(H,32,36)/t27-,29+/m1/s1. The number of imide groups is 1. The van der Waals surface area contributed by atoms with Gasteiger partial charge < -0.3 is 14.8 Å². The molecule has 1 saturated heterocycles. The Hall–Kier alpha value is -2.90. The van der Waals surface area contributed by atoms with Crippen molar-refractivity contribution in [2.75, 3.05) is 26.8 Å². The summed E-state index contributed by atoms with van der Waals surface area (Å²) in [7, 11) is 2.07. The van der Waals surface area contributed by atoms with Crippen LogP contribution in [0.4, 0.5) is 4.79 Å². The maximum atomic E-state index is 13.5. The number of β-lactam (4-membered cyclic amide) rings is 1. The van der Waals surface area contributed by atoms with Gasteiger partial charge >= 0.3 is 6.03 Å². The second-order valence-corrected chi connectivity index (χ2v) is 10.3. The zero-order chi connectivity index (χ0) is 27.7. The van der Waals surface area contributed by atoms with Gasteiger partial charge in [-0.1, -0.05) is 69.2 Å². The van der Waals surface area contributed by atoms with Gasteiger partial charge in [0.05, 0.1) is 12.6 Å². The molecule has 0 aliphatic carbocycles. The minimum atomic E-state index is -0.709. The van der Waals surface area contributed by atoms with Crippen molar-refractivity contribution in [2.45, 2.75) is 79.1 Å². The summed E-state index contributed by atoms with van der Waals surface area (Å²) in [5.41, 5.74) is 2.66. The third-order valence-corrected chi connectivity index (χ3v) is 7.63. The van der Waals surface area contributed by atoms with Crippen LogP contribution >= 0.6 is 0 Å². The summed E-state index contributed by atoms with van der Waals surface area (Å²) in [6.45, 7) is 13.2. The fourth-order valence-electron chi connectivity index (χ4n) is 5.08. The number of rotatable bonds is 14. The van der Waals surface area contributed by atoms with Gasteiger partial charge in [-0.15, -0.1) is 0 Å². The van der Waals surface area contributed by atoms with Gasteiger partial charge in [-0.3, -0.25) is 9.69 Å². The molecule has 0 unspecified atom stereocenters. The first kappa shape index (κ1) is 29.7. The van der Waals surface area contributed by atoms with E-state index in [1.165, 1.54) is 10.5 Å². The molecule has 7 heteroatoms. The van der Waals surface area contributed by atoms with Gasteiger partial charge in [-0.05, 0) is 63.4 Å². The lowest BCUT2D eigenvalue weighted by Gasteiger charge is -2.53.